The summed E-state index contributed by atoms with van der Waals surface area (Å²) in [7, 11) is 0. The van der Waals surface area contributed by atoms with Gasteiger partial charge in [0.2, 0.25) is 11.9 Å². The first kappa shape index (κ1) is 11.5. The molecule has 0 aliphatic rings. The van der Waals surface area contributed by atoms with Crippen molar-refractivity contribution < 1.29 is 19.4 Å². The molecule has 1 heterocycles. The van der Waals surface area contributed by atoms with Crippen molar-refractivity contribution in [3.05, 3.63) is 29.3 Å². The number of carbonyl (C=O) groups excluding carboxylic acids is 1. The number of aryl methyl sites for hydroxylation is 1. The molecule has 1 aromatic rings. The van der Waals surface area contributed by atoms with E-state index in [4.69, 9.17) is 5.73 Å². The van der Waals surface area contributed by atoms with E-state index in [9.17, 15) is 19.4 Å². The normalized spacial score (nSPS) is 14.7. The van der Waals surface area contributed by atoms with E-state index in [0.29, 0.717) is 5.56 Å². The lowest BCUT2D eigenvalue weighted by molar-refractivity contribution is -0.132. The molecule has 0 aliphatic carbocycles. The lowest BCUT2D eigenvalue weighted by Gasteiger charge is -2.16. The Labute approximate surface area is 85.4 Å². The minimum absolute atomic E-state index is 0.0915. The molecule has 2 unspecified atom stereocenters. The van der Waals surface area contributed by atoms with Crippen molar-refractivity contribution in [1.29, 1.82) is 0 Å². The van der Waals surface area contributed by atoms with Crippen LogP contribution >= 0.6 is 0 Å². The Hall–Kier alpha value is -1.53. The fraction of sp³-hybridized carbons (Fsp3) is 0.333. The second-order valence-electron chi connectivity index (χ2n) is 3.16. The van der Waals surface area contributed by atoms with E-state index in [0.717, 1.165) is 6.07 Å². The second-order valence-corrected chi connectivity index (χ2v) is 3.16. The quantitative estimate of drug-likeness (QED) is 0.586. The number of aliphatic hydroxyl groups is 2. The standard InChI is InChI=1S/C9H11FN2O3/c1-4-3-12-6(10)2-5(4)7(13)8(14)9(11)15/h2-3,7-8,13-14H,1H3,(H2,11,15). The molecule has 15 heavy (non-hydrogen) atoms. The Morgan fingerprint density at radius 3 is 2.73 bits per heavy atom. The summed E-state index contributed by atoms with van der Waals surface area (Å²) in [5.74, 6) is -1.87. The lowest BCUT2D eigenvalue weighted by Crippen LogP contribution is -2.34. The van der Waals surface area contributed by atoms with Crippen molar-refractivity contribution in [3.8, 4) is 0 Å². The number of rotatable bonds is 3. The third kappa shape index (κ3) is 2.48. The Balaban J connectivity index is 3.04. The molecule has 0 saturated heterocycles. The summed E-state index contributed by atoms with van der Waals surface area (Å²) in [5, 5.41) is 18.7. The van der Waals surface area contributed by atoms with Crippen molar-refractivity contribution in [2.24, 2.45) is 5.73 Å². The third-order valence-corrected chi connectivity index (χ3v) is 2.02. The number of nitrogens with two attached hydrogens (primary N) is 1. The number of halogens is 1. The van der Waals surface area contributed by atoms with E-state index in [1.54, 1.807) is 6.92 Å². The topological polar surface area (TPSA) is 96.4 Å². The van der Waals surface area contributed by atoms with Crippen molar-refractivity contribution in [3.63, 3.8) is 0 Å². The Morgan fingerprint density at radius 1 is 1.60 bits per heavy atom. The van der Waals surface area contributed by atoms with Crippen LogP contribution in [0.15, 0.2) is 12.3 Å². The molecule has 2 atom stereocenters. The van der Waals surface area contributed by atoms with Crippen molar-refractivity contribution in [2.75, 3.05) is 0 Å². The average molecular weight is 214 g/mol. The minimum atomic E-state index is -1.76. The predicted octanol–water partition coefficient (Wildman–Crippen LogP) is -0.591. The predicted molar refractivity (Wildman–Crippen MR) is 49.1 cm³/mol. The summed E-state index contributed by atoms with van der Waals surface area (Å²) in [5.41, 5.74) is 5.36. The number of pyridine rings is 1. The summed E-state index contributed by atoms with van der Waals surface area (Å²) in [6, 6.07) is 0.951. The molecule has 0 saturated carbocycles. The molecule has 1 aromatic heterocycles. The van der Waals surface area contributed by atoms with Crippen molar-refractivity contribution in [2.45, 2.75) is 19.1 Å². The number of hydrogen-bond donors (Lipinski definition) is 3. The van der Waals surface area contributed by atoms with Crippen LogP contribution in [0, 0.1) is 12.9 Å². The SMILES string of the molecule is Cc1cnc(F)cc1C(O)C(O)C(N)=O. The Bertz CT molecular complexity index is 384. The van der Waals surface area contributed by atoms with Gasteiger partial charge >= 0.3 is 0 Å². The molecule has 82 valence electrons. The maximum Gasteiger partial charge on any atom is 0.249 e. The zero-order chi connectivity index (χ0) is 11.6. The molecule has 0 bridgehead atoms. The van der Waals surface area contributed by atoms with Crippen LogP contribution in [0.25, 0.3) is 0 Å². The van der Waals surface area contributed by atoms with Gasteiger partial charge in [-0.3, -0.25) is 4.79 Å². The van der Waals surface area contributed by atoms with Gasteiger partial charge in [0.15, 0.2) is 6.10 Å². The van der Waals surface area contributed by atoms with Crippen LogP contribution in [0.5, 0.6) is 0 Å². The first-order chi connectivity index (χ1) is 6.93. The van der Waals surface area contributed by atoms with Gasteiger partial charge in [0.1, 0.15) is 6.10 Å². The molecule has 0 radical (unpaired) electrons. The maximum atomic E-state index is 12.8. The molecule has 0 aliphatic heterocycles. The monoisotopic (exact) mass is 214 g/mol. The number of aliphatic hydroxyl groups excluding tert-OH is 2. The van der Waals surface area contributed by atoms with Crippen LogP contribution in [-0.4, -0.2) is 27.2 Å². The van der Waals surface area contributed by atoms with Gasteiger partial charge in [-0.15, -0.1) is 0 Å². The zero-order valence-corrected chi connectivity index (χ0v) is 8.01. The molecule has 6 heteroatoms. The van der Waals surface area contributed by atoms with Crippen LogP contribution in [0.3, 0.4) is 0 Å². The van der Waals surface area contributed by atoms with Gasteiger partial charge in [0, 0.05) is 6.20 Å². The first-order valence-electron chi connectivity index (χ1n) is 4.21. The molecule has 1 amide bonds. The number of amides is 1. The molecule has 0 aromatic carbocycles. The fourth-order valence-electron chi connectivity index (χ4n) is 1.16. The highest BCUT2D eigenvalue weighted by Crippen LogP contribution is 2.20. The lowest BCUT2D eigenvalue weighted by atomic mass is 10.0. The van der Waals surface area contributed by atoms with E-state index in [1.165, 1.54) is 6.20 Å². The molecule has 1 rings (SSSR count). The molecule has 5 nitrogen and oxygen atoms in total. The molecule has 0 spiro atoms. The third-order valence-electron chi connectivity index (χ3n) is 2.02. The van der Waals surface area contributed by atoms with Crippen LogP contribution < -0.4 is 5.73 Å². The van der Waals surface area contributed by atoms with Crippen LogP contribution in [0.2, 0.25) is 0 Å². The summed E-state index contributed by atoms with van der Waals surface area (Å²) in [4.78, 5) is 14.0. The van der Waals surface area contributed by atoms with E-state index < -0.39 is 24.1 Å². The molecular formula is C9H11FN2O3. The number of nitrogens with zero attached hydrogens (tertiary/aromatic N) is 1. The average Bonchev–Trinajstić information content (AvgIpc) is 2.19. The van der Waals surface area contributed by atoms with Gasteiger partial charge in [0.05, 0.1) is 0 Å². The fourth-order valence-corrected chi connectivity index (χ4v) is 1.16. The highest BCUT2D eigenvalue weighted by atomic mass is 19.1. The molecule has 0 fully saturated rings. The van der Waals surface area contributed by atoms with Crippen LogP contribution in [0.1, 0.15) is 17.2 Å². The van der Waals surface area contributed by atoms with Gasteiger partial charge in [-0.2, -0.15) is 4.39 Å². The van der Waals surface area contributed by atoms with E-state index in [1.807, 2.05) is 0 Å². The van der Waals surface area contributed by atoms with Crippen molar-refractivity contribution in [1.82, 2.24) is 4.98 Å². The van der Waals surface area contributed by atoms with E-state index >= 15 is 0 Å². The van der Waals surface area contributed by atoms with Gasteiger partial charge in [-0.1, -0.05) is 0 Å². The second kappa shape index (κ2) is 4.33. The summed E-state index contributed by atoms with van der Waals surface area (Å²) >= 11 is 0. The highest BCUT2D eigenvalue weighted by Gasteiger charge is 2.25. The Morgan fingerprint density at radius 2 is 2.20 bits per heavy atom. The van der Waals surface area contributed by atoms with E-state index in [-0.39, 0.29) is 5.56 Å². The smallest absolute Gasteiger partial charge is 0.249 e. The van der Waals surface area contributed by atoms with Gasteiger partial charge < -0.3 is 15.9 Å². The summed E-state index contributed by atoms with van der Waals surface area (Å²) < 4.78 is 12.8. The van der Waals surface area contributed by atoms with E-state index in [2.05, 4.69) is 4.98 Å². The van der Waals surface area contributed by atoms with Crippen LogP contribution in [-0.2, 0) is 4.79 Å². The minimum Gasteiger partial charge on any atom is -0.385 e. The number of carbonyl (C=O) groups is 1. The summed E-state index contributed by atoms with van der Waals surface area (Å²) in [6.07, 6.45) is -2.10. The van der Waals surface area contributed by atoms with Crippen LogP contribution in [0.4, 0.5) is 4.39 Å². The molecular weight excluding hydrogens is 203 g/mol. The molecule has 4 N–H and O–H groups in total. The van der Waals surface area contributed by atoms with Gasteiger partial charge in [0.25, 0.3) is 0 Å². The number of primary amides is 1. The Kier molecular flexibility index (Phi) is 3.33. The largest absolute Gasteiger partial charge is 0.385 e. The summed E-state index contributed by atoms with van der Waals surface area (Å²) in [6.45, 7) is 1.57. The maximum absolute atomic E-state index is 12.8. The first-order valence-corrected chi connectivity index (χ1v) is 4.21. The van der Waals surface area contributed by atoms with Gasteiger partial charge in [-0.25, -0.2) is 4.98 Å². The number of hydrogen-bond acceptors (Lipinski definition) is 4. The van der Waals surface area contributed by atoms with Crippen molar-refractivity contribution >= 4 is 5.91 Å². The zero-order valence-electron chi connectivity index (χ0n) is 8.01. The highest BCUT2D eigenvalue weighted by molar-refractivity contribution is 5.79. The van der Waals surface area contributed by atoms with Gasteiger partial charge in [-0.05, 0) is 24.1 Å². The number of aromatic nitrogens is 1.